The Hall–Kier alpha value is -1.54. The molecule has 0 saturated carbocycles. The van der Waals surface area contributed by atoms with Gasteiger partial charge in [-0.15, -0.1) is 0 Å². The normalized spacial score (nSPS) is 12.9. The number of nitrogens with zero attached hydrogens (tertiary/aromatic N) is 2. The van der Waals surface area contributed by atoms with Gasteiger partial charge < -0.3 is 11.5 Å². The van der Waals surface area contributed by atoms with Crippen LogP contribution in [0, 0.1) is 11.3 Å². The Bertz CT molecular complexity index is 320. The molecule has 8 N–H and O–H groups in total. The number of rotatable bonds is 7. The van der Waals surface area contributed by atoms with Crippen molar-refractivity contribution in [2.24, 2.45) is 34.5 Å². The SMILES string of the molecule is CC(CCN(N)C(N)=O)CC(C)(C)CN(N)C(N)=O. The lowest BCUT2D eigenvalue weighted by atomic mass is 9.82. The average Bonchev–Trinajstić information content (AvgIpc) is 2.23. The molecule has 19 heavy (non-hydrogen) atoms. The molecular weight excluding hydrogens is 248 g/mol. The fraction of sp³-hybridized carbons (Fsp3) is 0.818. The van der Waals surface area contributed by atoms with Crippen molar-refractivity contribution in [2.45, 2.75) is 33.6 Å². The molecule has 0 bridgehead atoms. The highest BCUT2D eigenvalue weighted by atomic mass is 16.2. The number of nitrogens with two attached hydrogens (primary N) is 4. The Balaban J connectivity index is 4.19. The summed E-state index contributed by atoms with van der Waals surface area (Å²) in [5, 5.41) is 1.99. The largest absolute Gasteiger partial charge is 0.350 e. The lowest BCUT2D eigenvalue weighted by Crippen LogP contribution is -2.47. The van der Waals surface area contributed by atoms with Crippen LogP contribution in [0.5, 0.6) is 0 Å². The molecule has 1 atom stereocenters. The number of urea groups is 2. The van der Waals surface area contributed by atoms with Gasteiger partial charge in [-0.1, -0.05) is 20.8 Å². The van der Waals surface area contributed by atoms with Crippen LogP contribution < -0.4 is 23.2 Å². The van der Waals surface area contributed by atoms with Crippen LogP contribution in [0.2, 0.25) is 0 Å². The standard InChI is InChI=1S/C11H26N6O2/c1-8(4-5-16(14)9(12)18)6-11(2,3)7-17(15)10(13)19/h8H,4-7,14-15H2,1-3H3,(H2,12,18)(H2,13,19). The molecule has 0 aliphatic carbocycles. The van der Waals surface area contributed by atoms with Crippen molar-refractivity contribution in [3.8, 4) is 0 Å². The van der Waals surface area contributed by atoms with Crippen molar-refractivity contribution in [1.82, 2.24) is 10.0 Å². The number of carbonyl (C=O) groups is 2. The van der Waals surface area contributed by atoms with Crippen molar-refractivity contribution in [1.29, 1.82) is 0 Å². The lowest BCUT2D eigenvalue weighted by molar-refractivity contribution is 0.155. The molecule has 0 heterocycles. The average molecular weight is 274 g/mol. The Morgan fingerprint density at radius 2 is 1.58 bits per heavy atom. The summed E-state index contributed by atoms with van der Waals surface area (Å²) in [4.78, 5) is 21.7. The van der Waals surface area contributed by atoms with Crippen molar-refractivity contribution in [2.75, 3.05) is 13.1 Å². The van der Waals surface area contributed by atoms with E-state index < -0.39 is 12.1 Å². The van der Waals surface area contributed by atoms with Crippen molar-refractivity contribution < 1.29 is 9.59 Å². The monoisotopic (exact) mass is 274 g/mol. The summed E-state index contributed by atoms with van der Waals surface area (Å²) in [6.07, 6.45) is 1.55. The molecule has 8 nitrogen and oxygen atoms in total. The molecule has 0 radical (unpaired) electrons. The first-order valence-electron chi connectivity index (χ1n) is 6.18. The first-order valence-corrected chi connectivity index (χ1v) is 6.18. The van der Waals surface area contributed by atoms with Crippen LogP contribution in [0.1, 0.15) is 33.6 Å². The van der Waals surface area contributed by atoms with Crippen molar-refractivity contribution >= 4 is 12.1 Å². The minimum atomic E-state index is -0.650. The van der Waals surface area contributed by atoms with Gasteiger partial charge in [-0.3, -0.25) is 10.0 Å². The van der Waals surface area contributed by atoms with E-state index in [2.05, 4.69) is 0 Å². The molecule has 0 fully saturated rings. The van der Waals surface area contributed by atoms with Gasteiger partial charge in [0.2, 0.25) is 0 Å². The van der Waals surface area contributed by atoms with E-state index in [4.69, 9.17) is 23.2 Å². The summed E-state index contributed by atoms with van der Waals surface area (Å²) in [6.45, 7) is 6.81. The smallest absolute Gasteiger partial charge is 0.328 e. The first-order chi connectivity index (χ1) is 8.55. The van der Waals surface area contributed by atoms with Crippen molar-refractivity contribution in [3.63, 3.8) is 0 Å². The zero-order chi connectivity index (χ0) is 15.2. The summed E-state index contributed by atoms with van der Waals surface area (Å²) in [6, 6.07) is -1.30. The number of hydrazine groups is 2. The topological polar surface area (TPSA) is 145 Å². The van der Waals surface area contributed by atoms with Crippen LogP contribution in [0.3, 0.4) is 0 Å². The van der Waals surface area contributed by atoms with Gasteiger partial charge in [-0.25, -0.2) is 21.3 Å². The Labute approximate surface area is 114 Å². The highest BCUT2D eigenvalue weighted by Crippen LogP contribution is 2.27. The second-order valence-corrected chi connectivity index (χ2v) is 5.76. The predicted octanol–water partition coefficient (Wildman–Crippen LogP) is -0.0623. The van der Waals surface area contributed by atoms with Gasteiger partial charge in [0.25, 0.3) is 0 Å². The van der Waals surface area contributed by atoms with E-state index in [1.165, 1.54) is 0 Å². The summed E-state index contributed by atoms with van der Waals surface area (Å²) in [5.74, 6) is 11.2. The minimum absolute atomic E-state index is 0.171. The molecule has 0 aromatic heterocycles. The third-order valence-corrected chi connectivity index (χ3v) is 2.93. The highest BCUT2D eigenvalue weighted by molar-refractivity contribution is 5.71. The molecule has 0 saturated heterocycles. The molecule has 112 valence electrons. The first kappa shape index (κ1) is 17.5. The third-order valence-electron chi connectivity index (χ3n) is 2.93. The summed E-state index contributed by atoms with van der Waals surface area (Å²) < 4.78 is 0. The van der Waals surface area contributed by atoms with E-state index in [9.17, 15) is 9.59 Å². The van der Waals surface area contributed by atoms with E-state index in [1.54, 1.807) is 0 Å². The van der Waals surface area contributed by atoms with Crippen LogP contribution in [-0.4, -0.2) is 35.2 Å². The van der Waals surface area contributed by atoms with Gasteiger partial charge in [-0.2, -0.15) is 0 Å². The van der Waals surface area contributed by atoms with Crippen LogP contribution in [0.25, 0.3) is 0 Å². The van der Waals surface area contributed by atoms with Crippen LogP contribution in [-0.2, 0) is 0 Å². The van der Waals surface area contributed by atoms with Gasteiger partial charge in [0, 0.05) is 13.1 Å². The lowest BCUT2D eigenvalue weighted by Gasteiger charge is -2.31. The van der Waals surface area contributed by atoms with Crippen LogP contribution in [0.15, 0.2) is 0 Å². The number of primary amides is 2. The van der Waals surface area contributed by atoms with Gasteiger partial charge in [0.15, 0.2) is 0 Å². The van der Waals surface area contributed by atoms with E-state index in [0.717, 1.165) is 22.9 Å². The molecule has 0 aromatic rings. The zero-order valence-corrected chi connectivity index (χ0v) is 11.9. The molecule has 8 heteroatoms. The van der Waals surface area contributed by atoms with Gasteiger partial charge in [-0.05, 0) is 24.2 Å². The quantitative estimate of drug-likeness (QED) is 0.292. The van der Waals surface area contributed by atoms with Gasteiger partial charge in [0.05, 0.1) is 0 Å². The van der Waals surface area contributed by atoms with E-state index >= 15 is 0 Å². The van der Waals surface area contributed by atoms with Gasteiger partial charge >= 0.3 is 12.1 Å². The fourth-order valence-electron chi connectivity index (χ4n) is 2.12. The third kappa shape index (κ3) is 7.47. The molecular formula is C11H26N6O2. The molecule has 0 aliphatic heterocycles. The van der Waals surface area contributed by atoms with E-state index in [-0.39, 0.29) is 5.41 Å². The number of amides is 4. The summed E-state index contributed by atoms with van der Waals surface area (Å²) in [7, 11) is 0. The maximum absolute atomic E-state index is 10.9. The zero-order valence-electron chi connectivity index (χ0n) is 11.9. The Morgan fingerprint density at radius 3 is 2.00 bits per heavy atom. The van der Waals surface area contributed by atoms with Crippen LogP contribution >= 0.6 is 0 Å². The van der Waals surface area contributed by atoms with Crippen molar-refractivity contribution in [3.05, 3.63) is 0 Å². The molecule has 0 rings (SSSR count). The number of hydrogen-bond donors (Lipinski definition) is 4. The molecule has 1 unspecified atom stereocenters. The summed E-state index contributed by atoms with van der Waals surface area (Å²) >= 11 is 0. The highest BCUT2D eigenvalue weighted by Gasteiger charge is 2.25. The minimum Gasteiger partial charge on any atom is -0.350 e. The second-order valence-electron chi connectivity index (χ2n) is 5.76. The molecule has 0 spiro atoms. The number of carbonyl (C=O) groups excluding carboxylic acids is 2. The summed E-state index contributed by atoms with van der Waals surface area (Å²) in [5.41, 5.74) is 9.96. The molecule has 0 aromatic carbocycles. The van der Waals surface area contributed by atoms with Gasteiger partial charge in [0.1, 0.15) is 0 Å². The number of hydrogen-bond acceptors (Lipinski definition) is 4. The maximum atomic E-state index is 10.9. The molecule has 0 aliphatic rings. The Morgan fingerprint density at radius 1 is 1.11 bits per heavy atom. The van der Waals surface area contributed by atoms with Crippen LogP contribution in [0.4, 0.5) is 9.59 Å². The Kier molecular flexibility index (Phi) is 6.57. The van der Waals surface area contributed by atoms with E-state index in [1.807, 2.05) is 20.8 Å². The molecule has 4 amide bonds. The fourth-order valence-corrected chi connectivity index (χ4v) is 2.12. The predicted molar refractivity (Wildman–Crippen MR) is 73.1 cm³/mol. The van der Waals surface area contributed by atoms with E-state index in [0.29, 0.717) is 19.0 Å². The maximum Gasteiger partial charge on any atom is 0.328 e. The second kappa shape index (κ2) is 7.15.